The minimum Gasteiger partial charge on any atom is -0.481 e. The van der Waals surface area contributed by atoms with E-state index in [1.165, 1.54) is 11.3 Å². The van der Waals surface area contributed by atoms with Crippen LogP contribution in [0.25, 0.3) is 0 Å². The van der Waals surface area contributed by atoms with Crippen LogP contribution in [-0.2, 0) is 9.53 Å². The molecule has 0 fully saturated rings. The standard InChI is InChI=1S/C15H23NO4S/c1-4-20-7-5-6-16(8-11(2)15(18)19)14(17)13-10-21-9-12(13)3/h9-11H,4-8H2,1-3H3,(H,18,19). The molecule has 21 heavy (non-hydrogen) atoms. The van der Waals surface area contributed by atoms with E-state index in [0.29, 0.717) is 31.7 Å². The van der Waals surface area contributed by atoms with Crippen LogP contribution in [0.3, 0.4) is 0 Å². The Hall–Kier alpha value is -1.40. The Morgan fingerprint density at radius 1 is 1.43 bits per heavy atom. The first-order valence-electron chi connectivity index (χ1n) is 7.10. The van der Waals surface area contributed by atoms with Crippen LogP contribution in [0, 0.1) is 12.8 Å². The molecule has 0 saturated carbocycles. The van der Waals surface area contributed by atoms with Crippen LogP contribution in [0.4, 0.5) is 0 Å². The van der Waals surface area contributed by atoms with Crippen molar-refractivity contribution in [2.75, 3.05) is 26.3 Å². The predicted molar refractivity (Wildman–Crippen MR) is 82.9 cm³/mol. The number of hydrogen-bond acceptors (Lipinski definition) is 4. The Bertz CT molecular complexity index is 472. The monoisotopic (exact) mass is 313 g/mol. The van der Waals surface area contributed by atoms with Crippen molar-refractivity contribution >= 4 is 23.2 Å². The maximum Gasteiger partial charge on any atom is 0.308 e. The van der Waals surface area contributed by atoms with Crippen molar-refractivity contribution in [3.8, 4) is 0 Å². The lowest BCUT2D eigenvalue weighted by Crippen LogP contribution is -2.38. The van der Waals surface area contributed by atoms with Gasteiger partial charge in [0.25, 0.3) is 5.91 Å². The molecule has 0 spiro atoms. The number of aliphatic carboxylic acids is 1. The molecule has 0 aromatic carbocycles. The molecule has 1 aromatic heterocycles. The van der Waals surface area contributed by atoms with Gasteiger partial charge >= 0.3 is 5.97 Å². The van der Waals surface area contributed by atoms with Crippen molar-refractivity contribution in [1.29, 1.82) is 0 Å². The Kier molecular flexibility index (Phi) is 7.39. The second-order valence-corrected chi connectivity index (χ2v) is 5.75. The van der Waals surface area contributed by atoms with E-state index in [1.807, 2.05) is 24.6 Å². The quantitative estimate of drug-likeness (QED) is 0.712. The minimum absolute atomic E-state index is 0.0988. The topological polar surface area (TPSA) is 66.8 Å². The van der Waals surface area contributed by atoms with E-state index in [4.69, 9.17) is 9.84 Å². The van der Waals surface area contributed by atoms with Crippen molar-refractivity contribution in [2.45, 2.75) is 27.2 Å². The molecule has 0 saturated heterocycles. The van der Waals surface area contributed by atoms with E-state index in [1.54, 1.807) is 11.8 Å². The number of carbonyl (C=O) groups is 2. The molecule has 0 aliphatic rings. The normalized spacial score (nSPS) is 12.1. The highest BCUT2D eigenvalue weighted by Gasteiger charge is 2.22. The highest BCUT2D eigenvalue weighted by Crippen LogP contribution is 2.17. The van der Waals surface area contributed by atoms with Crippen LogP contribution in [0.15, 0.2) is 10.8 Å². The minimum atomic E-state index is -0.889. The molecule has 0 bridgehead atoms. The first kappa shape index (κ1) is 17.7. The molecule has 5 nitrogen and oxygen atoms in total. The Balaban J connectivity index is 2.73. The average molecular weight is 313 g/mol. The van der Waals surface area contributed by atoms with Crippen molar-refractivity contribution in [1.82, 2.24) is 4.90 Å². The van der Waals surface area contributed by atoms with Gasteiger partial charge in [-0.1, -0.05) is 6.92 Å². The first-order chi connectivity index (χ1) is 9.97. The fourth-order valence-electron chi connectivity index (χ4n) is 1.94. The molecule has 1 aromatic rings. The van der Waals surface area contributed by atoms with Gasteiger partial charge in [-0.2, -0.15) is 11.3 Å². The molecular weight excluding hydrogens is 290 g/mol. The number of rotatable bonds is 9. The van der Waals surface area contributed by atoms with Gasteiger partial charge in [0.15, 0.2) is 0 Å². The number of carboxylic acids is 1. The summed E-state index contributed by atoms with van der Waals surface area (Å²) in [5.74, 6) is -1.57. The summed E-state index contributed by atoms with van der Waals surface area (Å²) in [4.78, 5) is 25.2. The van der Waals surface area contributed by atoms with E-state index < -0.39 is 11.9 Å². The summed E-state index contributed by atoms with van der Waals surface area (Å²) in [6.07, 6.45) is 0.703. The number of ether oxygens (including phenoxy) is 1. The van der Waals surface area contributed by atoms with E-state index in [-0.39, 0.29) is 12.5 Å². The molecular formula is C15H23NO4S. The van der Waals surface area contributed by atoms with Crippen LogP contribution in [0.5, 0.6) is 0 Å². The number of carboxylic acid groups (broad SMARTS) is 1. The molecule has 6 heteroatoms. The second-order valence-electron chi connectivity index (χ2n) is 5.01. The van der Waals surface area contributed by atoms with Gasteiger partial charge in [0, 0.05) is 31.7 Å². The van der Waals surface area contributed by atoms with Crippen LogP contribution >= 0.6 is 11.3 Å². The van der Waals surface area contributed by atoms with Crippen LogP contribution in [0.2, 0.25) is 0 Å². The van der Waals surface area contributed by atoms with Gasteiger partial charge in [-0.3, -0.25) is 9.59 Å². The fourth-order valence-corrected chi connectivity index (χ4v) is 2.76. The van der Waals surface area contributed by atoms with Gasteiger partial charge in [-0.05, 0) is 31.2 Å². The van der Waals surface area contributed by atoms with E-state index in [9.17, 15) is 9.59 Å². The van der Waals surface area contributed by atoms with Crippen LogP contribution < -0.4 is 0 Å². The Morgan fingerprint density at radius 2 is 2.14 bits per heavy atom. The molecule has 1 unspecified atom stereocenters. The van der Waals surface area contributed by atoms with Crippen molar-refractivity contribution in [2.24, 2.45) is 5.92 Å². The zero-order valence-electron chi connectivity index (χ0n) is 12.8. The van der Waals surface area contributed by atoms with Crippen molar-refractivity contribution in [3.63, 3.8) is 0 Å². The number of nitrogens with zero attached hydrogens (tertiary/aromatic N) is 1. The summed E-state index contributed by atoms with van der Waals surface area (Å²) in [6, 6.07) is 0. The molecule has 1 N–H and O–H groups in total. The molecule has 118 valence electrons. The van der Waals surface area contributed by atoms with Gasteiger partial charge in [0.1, 0.15) is 0 Å². The smallest absolute Gasteiger partial charge is 0.308 e. The van der Waals surface area contributed by atoms with Gasteiger partial charge in [0.05, 0.1) is 11.5 Å². The average Bonchev–Trinajstić information content (AvgIpc) is 2.87. The van der Waals surface area contributed by atoms with E-state index in [2.05, 4.69) is 0 Å². The van der Waals surface area contributed by atoms with Gasteiger partial charge < -0.3 is 14.7 Å². The molecule has 0 aliphatic heterocycles. The SMILES string of the molecule is CCOCCCN(CC(C)C(=O)O)C(=O)c1cscc1C. The maximum absolute atomic E-state index is 12.5. The summed E-state index contributed by atoms with van der Waals surface area (Å²) in [7, 11) is 0. The van der Waals surface area contributed by atoms with E-state index >= 15 is 0 Å². The first-order valence-corrected chi connectivity index (χ1v) is 8.04. The molecule has 1 atom stereocenters. The summed E-state index contributed by atoms with van der Waals surface area (Å²) in [5, 5.41) is 12.8. The predicted octanol–water partition coefficient (Wildman–Crippen LogP) is 2.65. The number of aryl methyl sites for hydroxylation is 1. The number of hydrogen-bond donors (Lipinski definition) is 1. The molecule has 1 rings (SSSR count). The van der Waals surface area contributed by atoms with Crippen molar-refractivity contribution in [3.05, 3.63) is 21.9 Å². The molecule has 1 heterocycles. The number of carbonyl (C=O) groups excluding carboxylic acids is 1. The van der Waals surface area contributed by atoms with Gasteiger partial charge in [-0.25, -0.2) is 0 Å². The lowest BCUT2D eigenvalue weighted by atomic mass is 10.1. The number of thiophene rings is 1. The zero-order chi connectivity index (χ0) is 15.8. The van der Waals surface area contributed by atoms with Crippen LogP contribution in [0.1, 0.15) is 36.2 Å². The summed E-state index contributed by atoms with van der Waals surface area (Å²) < 4.78 is 5.28. The number of amides is 1. The van der Waals surface area contributed by atoms with Crippen molar-refractivity contribution < 1.29 is 19.4 Å². The summed E-state index contributed by atoms with van der Waals surface area (Å²) >= 11 is 1.48. The second kappa shape index (κ2) is 8.79. The fraction of sp³-hybridized carbons (Fsp3) is 0.600. The highest BCUT2D eigenvalue weighted by molar-refractivity contribution is 7.08. The lowest BCUT2D eigenvalue weighted by Gasteiger charge is -2.24. The largest absolute Gasteiger partial charge is 0.481 e. The highest BCUT2D eigenvalue weighted by atomic mass is 32.1. The Labute approximate surface area is 129 Å². The summed E-state index contributed by atoms with van der Waals surface area (Å²) in [6.45, 7) is 7.37. The maximum atomic E-state index is 12.5. The Morgan fingerprint density at radius 3 is 2.67 bits per heavy atom. The van der Waals surface area contributed by atoms with Crippen LogP contribution in [-0.4, -0.2) is 48.2 Å². The lowest BCUT2D eigenvalue weighted by molar-refractivity contribution is -0.141. The molecule has 0 radical (unpaired) electrons. The zero-order valence-corrected chi connectivity index (χ0v) is 13.6. The van der Waals surface area contributed by atoms with Gasteiger partial charge in [0.2, 0.25) is 0 Å². The van der Waals surface area contributed by atoms with Gasteiger partial charge in [-0.15, -0.1) is 0 Å². The van der Waals surface area contributed by atoms with E-state index in [0.717, 1.165) is 5.56 Å². The summed E-state index contributed by atoms with van der Waals surface area (Å²) in [5.41, 5.74) is 1.59. The third kappa shape index (κ3) is 5.47. The molecule has 0 aliphatic carbocycles. The molecule has 1 amide bonds. The third-order valence-electron chi connectivity index (χ3n) is 3.21. The third-order valence-corrected chi connectivity index (χ3v) is 4.07.